The van der Waals surface area contributed by atoms with Crippen molar-refractivity contribution in [3.8, 4) is 11.3 Å². The maximum atomic E-state index is 11.9. The molecule has 10 nitrogen and oxygen atoms in total. The molecule has 0 aliphatic heterocycles. The number of rotatable bonds is 5. The third-order valence-corrected chi connectivity index (χ3v) is 4.38. The van der Waals surface area contributed by atoms with Crippen LogP contribution < -0.4 is 10.0 Å². The quantitative estimate of drug-likeness (QED) is 0.668. The van der Waals surface area contributed by atoms with Crippen molar-refractivity contribution in [2.24, 2.45) is 0 Å². The van der Waals surface area contributed by atoms with Crippen molar-refractivity contribution in [2.45, 2.75) is 20.8 Å². The number of hydrogen-bond donors (Lipinski definition) is 2. The minimum Gasteiger partial charge on any atom is -0.450 e. The van der Waals surface area contributed by atoms with Crippen molar-refractivity contribution in [1.82, 2.24) is 19.8 Å². The molecule has 2 N–H and O–H groups in total. The number of aromatic nitrogens is 4. The number of nitrogens with zero attached hydrogens (tertiary/aromatic N) is 4. The first-order chi connectivity index (χ1) is 13.2. The molecule has 28 heavy (non-hydrogen) atoms. The molecule has 148 valence electrons. The number of fused-ring (bicyclic) bond motifs is 1. The van der Waals surface area contributed by atoms with E-state index >= 15 is 0 Å². The minimum atomic E-state index is -3.50. The summed E-state index contributed by atoms with van der Waals surface area (Å²) in [4.78, 5) is 11.9. The van der Waals surface area contributed by atoms with E-state index in [9.17, 15) is 13.2 Å². The lowest BCUT2D eigenvalue weighted by molar-refractivity contribution is 0.168. The molecule has 0 aliphatic carbocycles. The van der Waals surface area contributed by atoms with Gasteiger partial charge in [0.2, 0.25) is 15.7 Å². The van der Waals surface area contributed by atoms with Crippen molar-refractivity contribution in [1.29, 1.82) is 0 Å². The Morgan fingerprint density at radius 2 is 1.93 bits per heavy atom. The molecule has 1 aromatic carbocycles. The van der Waals surface area contributed by atoms with Gasteiger partial charge in [-0.1, -0.05) is 12.1 Å². The first-order valence-corrected chi connectivity index (χ1v) is 10.3. The molecule has 11 heteroatoms. The van der Waals surface area contributed by atoms with Crippen LogP contribution in [0.1, 0.15) is 18.3 Å². The lowest BCUT2D eigenvalue weighted by Gasteiger charge is -2.13. The largest absolute Gasteiger partial charge is 0.450 e. The first kappa shape index (κ1) is 19.5. The molecule has 2 aromatic heterocycles. The van der Waals surface area contributed by atoms with Gasteiger partial charge in [0.15, 0.2) is 5.82 Å². The number of benzene rings is 1. The molecule has 0 unspecified atom stereocenters. The fourth-order valence-corrected chi connectivity index (χ4v) is 3.22. The Hall–Kier alpha value is -3.21. The summed E-state index contributed by atoms with van der Waals surface area (Å²) < 4.78 is 32.5. The Kier molecular flexibility index (Phi) is 5.18. The van der Waals surface area contributed by atoms with Gasteiger partial charge in [0.1, 0.15) is 0 Å². The predicted octanol–water partition coefficient (Wildman–Crippen LogP) is 2.35. The molecule has 0 saturated heterocycles. The summed E-state index contributed by atoms with van der Waals surface area (Å²) in [6, 6.07) is 6.90. The van der Waals surface area contributed by atoms with Gasteiger partial charge in [-0.05, 0) is 38.5 Å². The van der Waals surface area contributed by atoms with Crippen LogP contribution in [0.5, 0.6) is 0 Å². The minimum absolute atomic E-state index is 0.214. The summed E-state index contributed by atoms with van der Waals surface area (Å²) in [6.45, 7) is 5.48. The zero-order chi connectivity index (χ0) is 20.5. The zero-order valence-corrected chi connectivity index (χ0v) is 16.7. The molecule has 0 saturated carbocycles. The van der Waals surface area contributed by atoms with Gasteiger partial charge in [0, 0.05) is 5.56 Å². The molecule has 0 fully saturated rings. The van der Waals surface area contributed by atoms with Crippen LogP contribution in [0.3, 0.4) is 0 Å². The average Bonchev–Trinajstić information content (AvgIpc) is 2.95. The molecule has 1 amide bonds. The topological polar surface area (TPSA) is 128 Å². The van der Waals surface area contributed by atoms with Gasteiger partial charge < -0.3 is 4.74 Å². The first-order valence-electron chi connectivity index (χ1n) is 8.43. The van der Waals surface area contributed by atoms with Gasteiger partial charge in [-0.3, -0.25) is 10.0 Å². The smallest absolute Gasteiger partial charge is 0.411 e. The van der Waals surface area contributed by atoms with Crippen molar-refractivity contribution in [2.75, 3.05) is 22.9 Å². The monoisotopic (exact) mass is 404 g/mol. The molecular weight excluding hydrogens is 384 g/mol. The van der Waals surface area contributed by atoms with E-state index < -0.39 is 16.1 Å². The number of hydrogen-bond acceptors (Lipinski definition) is 7. The molecule has 0 atom stereocenters. The Morgan fingerprint density at radius 3 is 2.61 bits per heavy atom. The Labute approximate surface area is 162 Å². The molecule has 0 bridgehead atoms. The van der Waals surface area contributed by atoms with Gasteiger partial charge in [-0.25, -0.2) is 13.2 Å². The Bertz CT molecular complexity index is 1160. The van der Waals surface area contributed by atoms with E-state index in [1.807, 2.05) is 13.0 Å². The standard InChI is InChI=1S/C17H20N6O4S/c1-5-27-17(24)18-15-9-13(21-23-11(3)19-20-16(15)23)12-7-6-10(2)8-14(12)22-28(4,25)26/h6-9,22H,5H2,1-4H3,(H,18,24). The summed E-state index contributed by atoms with van der Waals surface area (Å²) >= 11 is 0. The average molecular weight is 404 g/mol. The highest BCUT2D eigenvalue weighted by Gasteiger charge is 2.17. The zero-order valence-electron chi connectivity index (χ0n) is 15.8. The van der Waals surface area contributed by atoms with Crippen molar-refractivity contribution < 1.29 is 17.9 Å². The molecule has 2 heterocycles. The molecule has 0 aliphatic rings. The van der Waals surface area contributed by atoms with Crippen molar-refractivity contribution in [3.63, 3.8) is 0 Å². The second kappa shape index (κ2) is 7.43. The number of anilines is 2. The highest BCUT2D eigenvalue weighted by Crippen LogP contribution is 2.31. The number of sulfonamides is 1. The summed E-state index contributed by atoms with van der Waals surface area (Å²) in [6.07, 6.45) is 0.438. The Balaban J connectivity index is 2.19. The van der Waals surface area contributed by atoms with Crippen LogP contribution in [0.4, 0.5) is 16.2 Å². The molecule has 0 radical (unpaired) electrons. The lowest BCUT2D eigenvalue weighted by Crippen LogP contribution is -2.15. The van der Waals surface area contributed by atoms with E-state index in [-0.39, 0.29) is 6.61 Å². The Morgan fingerprint density at radius 1 is 1.18 bits per heavy atom. The summed E-state index contributed by atoms with van der Waals surface area (Å²) in [7, 11) is -3.50. The van der Waals surface area contributed by atoms with Gasteiger partial charge >= 0.3 is 6.09 Å². The van der Waals surface area contributed by atoms with Crippen LogP contribution in [0.25, 0.3) is 16.9 Å². The van der Waals surface area contributed by atoms with E-state index in [4.69, 9.17) is 4.74 Å². The SMILES string of the molecule is CCOC(=O)Nc1cc(-c2ccc(C)cc2NS(C)(=O)=O)nn2c(C)nnc12. The summed E-state index contributed by atoms with van der Waals surface area (Å²) in [5.74, 6) is 0.508. The van der Waals surface area contributed by atoms with Crippen LogP contribution in [0.15, 0.2) is 24.3 Å². The summed E-state index contributed by atoms with van der Waals surface area (Å²) in [5.41, 5.74) is 2.91. The van der Waals surface area contributed by atoms with Crippen LogP contribution in [-0.2, 0) is 14.8 Å². The van der Waals surface area contributed by atoms with Crippen LogP contribution in [0.2, 0.25) is 0 Å². The third-order valence-electron chi connectivity index (χ3n) is 3.78. The highest BCUT2D eigenvalue weighted by molar-refractivity contribution is 7.92. The lowest BCUT2D eigenvalue weighted by atomic mass is 10.1. The highest BCUT2D eigenvalue weighted by atomic mass is 32.2. The fourth-order valence-electron chi connectivity index (χ4n) is 2.65. The number of amides is 1. The van der Waals surface area contributed by atoms with Gasteiger partial charge in [0.25, 0.3) is 0 Å². The van der Waals surface area contributed by atoms with Crippen LogP contribution in [-0.4, -0.2) is 47.2 Å². The molecular formula is C17H20N6O4S. The second-order valence-corrected chi connectivity index (χ2v) is 7.94. The van der Waals surface area contributed by atoms with Crippen LogP contribution >= 0.6 is 0 Å². The van der Waals surface area contributed by atoms with Crippen molar-refractivity contribution >= 4 is 33.1 Å². The number of carbonyl (C=O) groups excluding carboxylic acids is 1. The predicted molar refractivity (Wildman–Crippen MR) is 105 cm³/mol. The molecule has 3 rings (SSSR count). The molecule has 0 spiro atoms. The fraction of sp³-hybridized carbons (Fsp3) is 0.294. The number of nitrogens with one attached hydrogen (secondary N) is 2. The number of carbonyl (C=O) groups is 1. The summed E-state index contributed by atoms with van der Waals surface area (Å²) in [5, 5.41) is 15.1. The van der Waals surface area contributed by atoms with Gasteiger partial charge in [-0.2, -0.15) is 9.61 Å². The van der Waals surface area contributed by atoms with Gasteiger partial charge in [-0.15, -0.1) is 10.2 Å². The maximum absolute atomic E-state index is 11.9. The normalized spacial score (nSPS) is 11.4. The third kappa shape index (κ3) is 4.19. The second-order valence-electron chi connectivity index (χ2n) is 6.19. The molecule has 3 aromatic rings. The van der Waals surface area contributed by atoms with E-state index in [2.05, 4.69) is 25.3 Å². The van der Waals surface area contributed by atoms with E-state index in [1.54, 1.807) is 32.0 Å². The van der Waals surface area contributed by atoms with E-state index in [1.165, 1.54) is 4.52 Å². The number of aryl methyl sites for hydroxylation is 2. The maximum Gasteiger partial charge on any atom is 0.411 e. The number of ether oxygens (including phenoxy) is 1. The van der Waals surface area contributed by atoms with E-state index in [0.29, 0.717) is 34.1 Å². The van der Waals surface area contributed by atoms with Crippen LogP contribution in [0, 0.1) is 13.8 Å². The van der Waals surface area contributed by atoms with Crippen molar-refractivity contribution in [3.05, 3.63) is 35.7 Å². The van der Waals surface area contributed by atoms with Gasteiger partial charge in [0.05, 0.1) is 29.9 Å². The van der Waals surface area contributed by atoms with E-state index in [0.717, 1.165) is 11.8 Å².